The second-order valence-corrected chi connectivity index (χ2v) is 2.89. The molecule has 0 heterocycles. The highest BCUT2D eigenvalue weighted by Crippen LogP contribution is 2.10. The summed E-state index contributed by atoms with van der Waals surface area (Å²) >= 11 is 0. The molecule has 0 radical (unpaired) electrons. The summed E-state index contributed by atoms with van der Waals surface area (Å²) in [5.74, 6) is -1.80. The highest BCUT2D eigenvalue weighted by Gasteiger charge is 2.05. The number of carbonyl (C=O) groups is 2. The third kappa shape index (κ3) is 3.27. The van der Waals surface area contributed by atoms with Crippen LogP contribution in [0, 0.1) is 0 Å². The van der Waals surface area contributed by atoms with Gasteiger partial charge in [-0.2, -0.15) is 0 Å². The molecule has 0 unspecified atom stereocenters. The Labute approximate surface area is 87.4 Å². The van der Waals surface area contributed by atoms with Crippen LogP contribution in [0.4, 0.5) is 5.69 Å². The summed E-state index contributed by atoms with van der Waals surface area (Å²) in [5, 5.41) is 10.1. The molecule has 1 amide bonds. The van der Waals surface area contributed by atoms with Gasteiger partial charge >= 0.3 is 0 Å². The maximum absolute atomic E-state index is 11.4. The number of carbonyl (C=O) groups excluding carboxylic acids is 2. The molecule has 0 saturated carbocycles. The van der Waals surface area contributed by atoms with Crippen molar-refractivity contribution in [1.82, 2.24) is 0 Å². The number of anilines is 1. The molecule has 1 aromatic rings. The van der Waals surface area contributed by atoms with Crippen LogP contribution in [0.15, 0.2) is 42.5 Å². The predicted molar refractivity (Wildman–Crippen MR) is 54.0 cm³/mol. The van der Waals surface area contributed by atoms with Crippen LogP contribution >= 0.6 is 0 Å². The lowest BCUT2D eigenvalue weighted by atomic mass is 10.3. The molecule has 1 rings (SSSR count). The number of amides is 1. The second kappa shape index (κ2) is 4.95. The Balaban J connectivity index is 2.74. The van der Waals surface area contributed by atoms with Crippen molar-refractivity contribution in [3.63, 3.8) is 0 Å². The predicted octanol–water partition coefficient (Wildman–Crippen LogP) is -0.0445. The average molecular weight is 204 g/mol. The maximum atomic E-state index is 11.4. The summed E-state index contributed by atoms with van der Waals surface area (Å²) in [7, 11) is 1.57. The molecule has 0 aliphatic rings. The molecule has 0 aromatic heterocycles. The average Bonchev–Trinajstić information content (AvgIpc) is 2.26. The van der Waals surface area contributed by atoms with Crippen LogP contribution in [-0.4, -0.2) is 18.9 Å². The van der Waals surface area contributed by atoms with E-state index in [1.165, 1.54) is 4.90 Å². The minimum absolute atomic E-state index is 0.412. The van der Waals surface area contributed by atoms with Crippen LogP contribution in [0.5, 0.6) is 0 Å². The van der Waals surface area contributed by atoms with Gasteiger partial charge in [0.1, 0.15) is 0 Å². The number of nitrogens with zero attached hydrogens (tertiary/aromatic N) is 1. The van der Waals surface area contributed by atoms with Crippen molar-refractivity contribution in [3.8, 4) is 0 Å². The van der Waals surface area contributed by atoms with Crippen molar-refractivity contribution >= 4 is 17.6 Å². The molecule has 0 spiro atoms. The number of hydrogen-bond donors (Lipinski definition) is 0. The molecule has 0 aliphatic heterocycles. The summed E-state index contributed by atoms with van der Waals surface area (Å²) in [6.07, 6.45) is 1.67. The number of carboxylic acids is 1. The molecule has 4 heteroatoms. The van der Waals surface area contributed by atoms with E-state index < -0.39 is 11.9 Å². The normalized spacial score (nSPS) is 10.2. The van der Waals surface area contributed by atoms with Gasteiger partial charge in [0.2, 0.25) is 0 Å². The Bertz CT molecular complexity index is 384. The first-order valence-corrected chi connectivity index (χ1v) is 4.33. The van der Waals surface area contributed by atoms with E-state index in [2.05, 4.69) is 0 Å². The number of benzene rings is 1. The van der Waals surface area contributed by atoms with Gasteiger partial charge in [-0.1, -0.05) is 18.2 Å². The molecule has 0 fully saturated rings. The van der Waals surface area contributed by atoms with Gasteiger partial charge in [0.25, 0.3) is 5.91 Å². The number of likely N-dealkylation sites (N-methyl/N-ethyl adjacent to an activating group) is 1. The maximum Gasteiger partial charge on any atom is 0.250 e. The van der Waals surface area contributed by atoms with Crippen LogP contribution in [0.1, 0.15) is 0 Å². The van der Waals surface area contributed by atoms with Crippen LogP contribution < -0.4 is 10.0 Å². The van der Waals surface area contributed by atoms with Crippen LogP contribution in [-0.2, 0) is 9.59 Å². The van der Waals surface area contributed by atoms with Gasteiger partial charge in [-0.15, -0.1) is 0 Å². The zero-order valence-corrected chi connectivity index (χ0v) is 8.21. The fraction of sp³-hybridized carbons (Fsp3) is 0.0909. The van der Waals surface area contributed by atoms with Crippen LogP contribution in [0.3, 0.4) is 0 Å². The van der Waals surface area contributed by atoms with Crippen molar-refractivity contribution in [2.75, 3.05) is 11.9 Å². The van der Waals surface area contributed by atoms with Gasteiger partial charge < -0.3 is 14.8 Å². The van der Waals surface area contributed by atoms with E-state index in [-0.39, 0.29) is 0 Å². The summed E-state index contributed by atoms with van der Waals surface area (Å²) in [4.78, 5) is 22.8. The Kier molecular flexibility index (Phi) is 3.62. The first-order chi connectivity index (χ1) is 7.11. The lowest BCUT2D eigenvalue weighted by Crippen LogP contribution is -2.25. The molecule has 78 valence electrons. The van der Waals surface area contributed by atoms with E-state index in [0.717, 1.165) is 6.08 Å². The van der Waals surface area contributed by atoms with Crippen molar-refractivity contribution in [2.24, 2.45) is 0 Å². The number of hydrogen-bond acceptors (Lipinski definition) is 3. The van der Waals surface area contributed by atoms with E-state index in [0.29, 0.717) is 11.8 Å². The molecule has 15 heavy (non-hydrogen) atoms. The SMILES string of the molecule is CN(C(=O)C=CC(=O)[O-])c1ccccc1. The van der Waals surface area contributed by atoms with Crippen molar-refractivity contribution in [1.29, 1.82) is 0 Å². The molecular weight excluding hydrogens is 194 g/mol. The minimum atomic E-state index is -1.38. The zero-order chi connectivity index (χ0) is 11.3. The lowest BCUT2D eigenvalue weighted by molar-refractivity contribution is -0.297. The van der Waals surface area contributed by atoms with E-state index in [1.807, 2.05) is 6.07 Å². The van der Waals surface area contributed by atoms with Gasteiger partial charge in [-0.3, -0.25) is 4.79 Å². The molecule has 0 bridgehead atoms. The van der Waals surface area contributed by atoms with Gasteiger partial charge in [-0.05, 0) is 18.2 Å². The monoisotopic (exact) mass is 204 g/mol. The first kappa shape index (κ1) is 11.0. The van der Waals surface area contributed by atoms with Gasteiger partial charge in [-0.25, -0.2) is 0 Å². The second-order valence-electron chi connectivity index (χ2n) is 2.89. The summed E-state index contributed by atoms with van der Waals surface area (Å²) < 4.78 is 0. The van der Waals surface area contributed by atoms with Crippen LogP contribution in [0.25, 0.3) is 0 Å². The fourth-order valence-electron chi connectivity index (χ4n) is 1.03. The topological polar surface area (TPSA) is 60.4 Å². The number of para-hydroxylation sites is 1. The van der Waals surface area contributed by atoms with E-state index in [4.69, 9.17) is 0 Å². The number of rotatable bonds is 3. The van der Waals surface area contributed by atoms with Gasteiger partial charge in [0, 0.05) is 18.8 Å². The van der Waals surface area contributed by atoms with Crippen molar-refractivity contribution in [2.45, 2.75) is 0 Å². The fourth-order valence-corrected chi connectivity index (χ4v) is 1.03. The third-order valence-corrected chi connectivity index (χ3v) is 1.84. The Morgan fingerprint density at radius 2 is 1.80 bits per heavy atom. The lowest BCUT2D eigenvalue weighted by Gasteiger charge is -2.14. The summed E-state index contributed by atoms with van der Waals surface area (Å²) in [5.41, 5.74) is 0.700. The molecule has 0 aliphatic carbocycles. The molecule has 0 N–H and O–H groups in total. The quantitative estimate of drug-likeness (QED) is 0.649. The number of aliphatic carboxylic acids is 1. The molecule has 1 aromatic carbocycles. The van der Waals surface area contributed by atoms with E-state index in [9.17, 15) is 14.7 Å². The summed E-state index contributed by atoms with van der Waals surface area (Å²) in [6, 6.07) is 8.93. The molecular formula is C11H10NO3-. The Morgan fingerprint density at radius 1 is 1.20 bits per heavy atom. The Hall–Kier alpha value is -2.10. The van der Waals surface area contributed by atoms with Crippen molar-refractivity contribution in [3.05, 3.63) is 42.5 Å². The summed E-state index contributed by atoms with van der Waals surface area (Å²) in [6.45, 7) is 0. The van der Waals surface area contributed by atoms with Gasteiger partial charge in [0.05, 0.1) is 5.97 Å². The highest BCUT2D eigenvalue weighted by atomic mass is 16.4. The molecule has 0 saturated heterocycles. The minimum Gasteiger partial charge on any atom is -0.545 e. The first-order valence-electron chi connectivity index (χ1n) is 4.33. The largest absolute Gasteiger partial charge is 0.545 e. The molecule has 4 nitrogen and oxygen atoms in total. The van der Waals surface area contributed by atoms with E-state index in [1.54, 1.807) is 31.3 Å². The number of carboxylic acid groups (broad SMARTS) is 1. The van der Waals surface area contributed by atoms with Crippen molar-refractivity contribution < 1.29 is 14.7 Å². The van der Waals surface area contributed by atoms with Gasteiger partial charge in [0.15, 0.2) is 0 Å². The third-order valence-electron chi connectivity index (χ3n) is 1.84. The van der Waals surface area contributed by atoms with E-state index >= 15 is 0 Å². The van der Waals surface area contributed by atoms with Crippen LogP contribution in [0.2, 0.25) is 0 Å². The standard InChI is InChI=1S/C11H11NO3/c1-12(9-5-3-2-4-6-9)10(13)7-8-11(14)15/h2-8H,1H3,(H,14,15)/p-1. The Morgan fingerprint density at radius 3 is 2.33 bits per heavy atom. The zero-order valence-electron chi connectivity index (χ0n) is 8.21. The highest BCUT2D eigenvalue weighted by molar-refractivity contribution is 6.03. The molecule has 0 atom stereocenters. The smallest absolute Gasteiger partial charge is 0.250 e.